The van der Waals surface area contributed by atoms with Crippen molar-refractivity contribution in [2.24, 2.45) is 11.7 Å². The number of piperidine rings is 1. The zero-order valence-electron chi connectivity index (χ0n) is 9.59. The summed E-state index contributed by atoms with van der Waals surface area (Å²) in [6, 6.07) is 0. The van der Waals surface area contributed by atoms with Crippen molar-refractivity contribution in [2.45, 2.75) is 19.4 Å². The number of hydrogen-bond donors (Lipinski definition) is 1. The average Bonchev–Trinajstić information content (AvgIpc) is 2.70. The number of likely N-dealkylation sites (tertiary alicyclic amines) is 1. The minimum atomic E-state index is -0.408. The highest BCUT2D eigenvalue weighted by atomic mass is 16.1. The Morgan fingerprint density at radius 2 is 2.25 bits per heavy atom. The van der Waals surface area contributed by atoms with Crippen molar-refractivity contribution in [3.63, 3.8) is 0 Å². The first kappa shape index (κ1) is 11.1. The normalized spacial score (nSPS) is 18.8. The highest BCUT2D eigenvalue weighted by Crippen LogP contribution is 2.17. The fourth-order valence-electron chi connectivity index (χ4n) is 2.10. The molecule has 5 heteroatoms. The molecule has 2 N–H and O–H groups in total. The Balaban J connectivity index is 1.91. The molecule has 0 saturated carbocycles. The molecule has 88 valence electrons. The van der Waals surface area contributed by atoms with Gasteiger partial charge in [0.2, 0.25) is 0 Å². The molecular weight excluding hydrogens is 204 g/mol. The standard InChI is InChI=1S/C11H18N4O/c1-14-4-2-9(3-5-14)7-15-8-10(6-13-15)11(12)16/h6,8-9H,2-5,7H2,1H3,(H2,12,16). The van der Waals surface area contributed by atoms with Crippen molar-refractivity contribution in [2.75, 3.05) is 20.1 Å². The first-order valence-corrected chi connectivity index (χ1v) is 5.66. The van der Waals surface area contributed by atoms with Gasteiger partial charge in [-0.2, -0.15) is 5.10 Å². The first-order chi connectivity index (χ1) is 7.65. The minimum absolute atomic E-state index is 0.408. The smallest absolute Gasteiger partial charge is 0.251 e. The van der Waals surface area contributed by atoms with E-state index in [-0.39, 0.29) is 0 Å². The van der Waals surface area contributed by atoms with E-state index in [1.807, 2.05) is 4.68 Å². The summed E-state index contributed by atoms with van der Waals surface area (Å²) in [5.41, 5.74) is 5.67. The second-order valence-corrected chi connectivity index (χ2v) is 4.56. The van der Waals surface area contributed by atoms with E-state index < -0.39 is 5.91 Å². The number of carbonyl (C=O) groups is 1. The van der Waals surface area contributed by atoms with Crippen LogP contribution in [0.25, 0.3) is 0 Å². The van der Waals surface area contributed by atoms with Crippen LogP contribution < -0.4 is 5.73 Å². The Morgan fingerprint density at radius 3 is 2.81 bits per heavy atom. The number of nitrogens with two attached hydrogens (primary N) is 1. The van der Waals surface area contributed by atoms with Crippen LogP contribution in [0.5, 0.6) is 0 Å². The van der Waals surface area contributed by atoms with E-state index in [0.717, 1.165) is 19.6 Å². The molecule has 0 radical (unpaired) electrons. The molecule has 0 aliphatic carbocycles. The summed E-state index contributed by atoms with van der Waals surface area (Å²) >= 11 is 0. The van der Waals surface area contributed by atoms with Crippen LogP contribution in [0.3, 0.4) is 0 Å². The Morgan fingerprint density at radius 1 is 1.56 bits per heavy atom. The molecule has 0 spiro atoms. The molecular formula is C11H18N4O. The summed E-state index contributed by atoms with van der Waals surface area (Å²) in [4.78, 5) is 13.3. The second kappa shape index (κ2) is 4.65. The molecule has 5 nitrogen and oxygen atoms in total. The van der Waals surface area contributed by atoms with Gasteiger partial charge in [0, 0.05) is 12.7 Å². The zero-order chi connectivity index (χ0) is 11.5. The maximum absolute atomic E-state index is 10.9. The third-order valence-electron chi connectivity index (χ3n) is 3.20. The Hall–Kier alpha value is -1.36. The van der Waals surface area contributed by atoms with E-state index in [1.54, 1.807) is 6.20 Å². The molecule has 1 saturated heterocycles. The van der Waals surface area contributed by atoms with E-state index in [0.29, 0.717) is 11.5 Å². The number of amides is 1. The Bertz CT molecular complexity index is 366. The molecule has 1 aliphatic rings. The van der Waals surface area contributed by atoms with Gasteiger partial charge in [0.1, 0.15) is 0 Å². The van der Waals surface area contributed by atoms with E-state index in [2.05, 4.69) is 17.0 Å². The minimum Gasteiger partial charge on any atom is -0.366 e. The molecule has 0 bridgehead atoms. The molecule has 0 aromatic carbocycles. The summed E-state index contributed by atoms with van der Waals surface area (Å²) in [6.45, 7) is 3.18. The molecule has 1 aliphatic heterocycles. The summed E-state index contributed by atoms with van der Waals surface area (Å²) in [6.07, 6.45) is 5.67. The predicted molar refractivity (Wildman–Crippen MR) is 61.0 cm³/mol. The second-order valence-electron chi connectivity index (χ2n) is 4.56. The fourth-order valence-corrected chi connectivity index (χ4v) is 2.10. The third-order valence-corrected chi connectivity index (χ3v) is 3.20. The monoisotopic (exact) mass is 222 g/mol. The molecule has 16 heavy (non-hydrogen) atoms. The van der Waals surface area contributed by atoms with Crippen molar-refractivity contribution in [3.05, 3.63) is 18.0 Å². The summed E-state index contributed by atoms with van der Waals surface area (Å²) < 4.78 is 1.83. The van der Waals surface area contributed by atoms with Crippen LogP contribution in [0, 0.1) is 5.92 Å². The van der Waals surface area contributed by atoms with Gasteiger partial charge in [-0.1, -0.05) is 0 Å². The first-order valence-electron chi connectivity index (χ1n) is 5.66. The van der Waals surface area contributed by atoms with Gasteiger partial charge in [-0.25, -0.2) is 0 Å². The lowest BCUT2D eigenvalue weighted by atomic mass is 9.97. The number of rotatable bonds is 3. The van der Waals surface area contributed by atoms with Gasteiger partial charge in [-0.05, 0) is 38.9 Å². The lowest BCUT2D eigenvalue weighted by Gasteiger charge is -2.28. The van der Waals surface area contributed by atoms with Crippen LogP contribution in [0.2, 0.25) is 0 Å². The number of nitrogens with zero attached hydrogens (tertiary/aromatic N) is 3. The van der Waals surface area contributed by atoms with E-state index >= 15 is 0 Å². The van der Waals surface area contributed by atoms with Crippen LogP contribution in [0.1, 0.15) is 23.2 Å². The maximum Gasteiger partial charge on any atom is 0.251 e. The number of hydrogen-bond acceptors (Lipinski definition) is 3. The summed E-state index contributed by atoms with van der Waals surface area (Å²) in [5.74, 6) is 0.256. The van der Waals surface area contributed by atoms with Gasteiger partial charge in [-0.15, -0.1) is 0 Å². The lowest BCUT2D eigenvalue weighted by Crippen LogP contribution is -2.32. The topological polar surface area (TPSA) is 64.2 Å². The quantitative estimate of drug-likeness (QED) is 0.801. The van der Waals surface area contributed by atoms with Crippen molar-refractivity contribution in [1.82, 2.24) is 14.7 Å². The average molecular weight is 222 g/mol. The summed E-state index contributed by atoms with van der Waals surface area (Å²) in [5, 5.41) is 4.15. The van der Waals surface area contributed by atoms with E-state index in [1.165, 1.54) is 19.0 Å². The number of carbonyl (C=O) groups excluding carboxylic acids is 1. The van der Waals surface area contributed by atoms with Crippen LogP contribution in [-0.4, -0.2) is 40.7 Å². The molecule has 1 aromatic rings. The molecule has 1 amide bonds. The van der Waals surface area contributed by atoms with Gasteiger partial charge < -0.3 is 10.6 Å². The molecule has 0 atom stereocenters. The third kappa shape index (κ3) is 2.61. The van der Waals surface area contributed by atoms with Crippen molar-refractivity contribution < 1.29 is 4.79 Å². The summed E-state index contributed by atoms with van der Waals surface area (Å²) in [7, 11) is 2.15. The van der Waals surface area contributed by atoms with Gasteiger partial charge in [0.25, 0.3) is 5.91 Å². The van der Waals surface area contributed by atoms with Crippen molar-refractivity contribution in [3.8, 4) is 0 Å². The largest absolute Gasteiger partial charge is 0.366 e. The van der Waals surface area contributed by atoms with Gasteiger partial charge >= 0.3 is 0 Å². The van der Waals surface area contributed by atoms with Gasteiger partial charge in [-0.3, -0.25) is 9.48 Å². The van der Waals surface area contributed by atoms with E-state index in [9.17, 15) is 4.79 Å². The van der Waals surface area contributed by atoms with Crippen LogP contribution in [0.4, 0.5) is 0 Å². The van der Waals surface area contributed by atoms with Crippen LogP contribution >= 0.6 is 0 Å². The number of aromatic nitrogens is 2. The predicted octanol–water partition coefficient (Wildman–Crippen LogP) is 0.324. The molecule has 1 aromatic heterocycles. The highest BCUT2D eigenvalue weighted by molar-refractivity contribution is 5.92. The number of primary amides is 1. The van der Waals surface area contributed by atoms with Gasteiger partial charge in [0.15, 0.2) is 0 Å². The fraction of sp³-hybridized carbons (Fsp3) is 0.636. The van der Waals surface area contributed by atoms with Crippen molar-refractivity contribution in [1.29, 1.82) is 0 Å². The van der Waals surface area contributed by atoms with Crippen LogP contribution in [0.15, 0.2) is 12.4 Å². The van der Waals surface area contributed by atoms with E-state index in [4.69, 9.17) is 5.73 Å². The SMILES string of the molecule is CN1CCC(Cn2cc(C(N)=O)cn2)CC1. The van der Waals surface area contributed by atoms with Gasteiger partial charge in [0.05, 0.1) is 11.8 Å². The van der Waals surface area contributed by atoms with Crippen molar-refractivity contribution >= 4 is 5.91 Å². The van der Waals surface area contributed by atoms with Crippen LogP contribution in [-0.2, 0) is 6.54 Å². The molecule has 0 unspecified atom stereocenters. The zero-order valence-corrected chi connectivity index (χ0v) is 9.59. The highest BCUT2D eigenvalue weighted by Gasteiger charge is 2.17. The maximum atomic E-state index is 10.9. The molecule has 2 rings (SSSR count). The Kier molecular flexibility index (Phi) is 3.24. The molecule has 1 fully saturated rings. The molecule has 2 heterocycles. The lowest BCUT2D eigenvalue weighted by molar-refractivity contribution is 0.1000. The Labute approximate surface area is 95.2 Å².